The van der Waals surface area contributed by atoms with E-state index in [4.69, 9.17) is 10.5 Å². The van der Waals surface area contributed by atoms with E-state index in [1.165, 1.54) is 0 Å². The molecule has 1 unspecified atom stereocenters. The number of carbonyl (C=O) groups excluding carboxylic acids is 1. The third-order valence-electron chi connectivity index (χ3n) is 5.85. The van der Waals surface area contributed by atoms with Crippen molar-refractivity contribution in [3.05, 3.63) is 35.9 Å². The van der Waals surface area contributed by atoms with Crippen LogP contribution in [0.15, 0.2) is 30.3 Å². The maximum atomic E-state index is 12.5. The third-order valence-corrected chi connectivity index (χ3v) is 5.85. The lowest BCUT2D eigenvalue weighted by Gasteiger charge is -2.51. The van der Waals surface area contributed by atoms with Gasteiger partial charge in [0.05, 0.1) is 5.41 Å². The van der Waals surface area contributed by atoms with Crippen molar-refractivity contribution < 1.29 is 9.53 Å². The Morgan fingerprint density at radius 1 is 1.25 bits per heavy atom. The fourth-order valence-corrected chi connectivity index (χ4v) is 4.29. The minimum Gasteiger partial charge on any atom is -0.381 e. The van der Waals surface area contributed by atoms with Crippen molar-refractivity contribution in [2.75, 3.05) is 39.4 Å². The fraction of sp³-hybridized carbons (Fsp3) is 0.632. The maximum absolute atomic E-state index is 12.5. The van der Waals surface area contributed by atoms with Crippen LogP contribution in [0.4, 0.5) is 0 Å². The topological polar surface area (TPSA) is 67.6 Å². The maximum Gasteiger partial charge on any atom is 0.227 e. The fourth-order valence-electron chi connectivity index (χ4n) is 4.29. The Morgan fingerprint density at radius 2 is 1.88 bits per heavy atom. The third kappa shape index (κ3) is 3.34. The monoisotopic (exact) mass is 331 g/mol. The van der Waals surface area contributed by atoms with Crippen molar-refractivity contribution in [2.24, 2.45) is 5.73 Å². The summed E-state index contributed by atoms with van der Waals surface area (Å²) in [5.41, 5.74) is 6.24. The van der Waals surface area contributed by atoms with Gasteiger partial charge in [0.15, 0.2) is 0 Å². The van der Waals surface area contributed by atoms with Crippen molar-refractivity contribution in [2.45, 2.75) is 37.1 Å². The SMILES string of the molecule is CC(CC1(N2CCNCC2)CCOCC1)(C(N)=O)c1ccccc1. The molecule has 5 heteroatoms. The number of nitrogens with two attached hydrogens (primary N) is 1. The van der Waals surface area contributed by atoms with Gasteiger partial charge in [0.25, 0.3) is 0 Å². The van der Waals surface area contributed by atoms with Gasteiger partial charge in [-0.05, 0) is 31.7 Å². The van der Waals surface area contributed by atoms with E-state index in [2.05, 4.69) is 10.2 Å². The van der Waals surface area contributed by atoms with Crippen LogP contribution in [0.1, 0.15) is 31.7 Å². The highest BCUT2D eigenvalue weighted by Gasteiger charge is 2.47. The Morgan fingerprint density at radius 3 is 2.46 bits per heavy atom. The first kappa shape index (κ1) is 17.4. The number of nitrogens with zero attached hydrogens (tertiary/aromatic N) is 1. The molecule has 0 aliphatic carbocycles. The van der Waals surface area contributed by atoms with Crippen LogP contribution in [0.2, 0.25) is 0 Å². The summed E-state index contributed by atoms with van der Waals surface area (Å²) in [7, 11) is 0. The molecule has 5 nitrogen and oxygen atoms in total. The summed E-state index contributed by atoms with van der Waals surface area (Å²) in [5.74, 6) is -0.241. The van der Waals surface area contributed by atoms with Gasteiger partial charge < -0.3 is 15.8 Å². The van der Waals surface area contributed by atoms with Crippen LogP contribution in [0.25, 0.3) is 0 Å². The van der Waals surface area contributed by atoms with E-state index in [1.807, 2.05) is 37.3 Å². The zero-order valence-corrected chi connectivity index (χ0v) is 14.6. The lowest BCUT2D eigenvalue weighted by Crippen LogP contribution is -2.61. The van der Waals surface area contributed by atoms with Gasteiger partial charge >= 0.3 is 0 Å². The normalized spacial score (nSPS) is 24.2. The second-order valence-corrected chi connectivity index (χ2v) is 7.31. The summed E-state index contributed by atoms with van der Waals surface area (Å²) in [6.45, 7) is 7.56. The minimum atomic E-state index is -0.663. The number of nitrogens with one attached hydrogen (secondary N) is 1. The molecule has 24 heavy (non-hydrogen) atoms. The molecule has 0 aromatic heterocycles. The molecule has 3 rings (SSSR count). The summed E-state index contributed by atoms with van der Waals surface area (Å²) in [5, 5.41) is 3.42. The number of hydrogen-bond acceptors (Lipinski definition) is 4. The second kappa shape index (κ2) is 7.21. The van der Waals surface area contributed by atoms with E-state index in [1.54, 1.807) is 0 Å². The van der Waals surface area contributed by atoms with E-state index in [0.717, 1.165) is 64.2 Å². The van der Waals surface area contributed by atoms with Crippen LogP contribution in [0.3, 0.4) is 0 Å². The summed E-state index contributed by atoms with van der Waals surface area (Å²) >= 11 is 0. The average Bonchev–Trinajstić information content (AvgIpc) is 2.64. The van der Waals surface area contributed by atoms with Gasteiger partial charge in [-0.25, -0.2) is 0 Å². The highest BCUT2D eigenvalue weighted by molar-refractivity contribution is 5.86. The first-order chi connectivity index (χ1) is 11.6. The van der Waals surface area contributed by atoms with Gasteiger partial charge in [0.1, 0.15) is 0 Å². The summed E-state index contributed by atoms with van der Waals surface area (Å²) in [6.07, 6.45) is 2.67. The molecule has 0 spiro atoms. The van der Waals surface area contributed by atoms with Gasteiger partial charge in [0, 0.05) is 44.9 Å². The highest BCUT2D eigenvalue weighted by Crippen LogP contribution is 2.41. The van der Waals surface area contributed by atoms with Gasteiger partial charge in [0.2, 0.25) is 5.91 Å². The highest BCUT2D eigenvalue weighted by atomic mass is 16.5. The Kier molecular flexibility index (Phi) is 5.23. The van der Waals surface area contributed by atoms with Crippen molar-refractivity contribution in [1.29, 1.82) is 0 Å². The van der Waals surface area contributed by atoms with Gasteiger partial charge in [-0.2, -0.15) is 0 Å². The molecule has 1 aromatic carbocycles. The number of carbonyl (C=O) groups is 1. The zero-order chi connectivity index (χ0) is 17.0. The summed E-state index contributed by atoms with van der Waals surface area (Å²) < 4.78 is 5.64. The number of rotatable bonds is 5. The second-order valence-electron chi connectivity index (χ2n) is 7.31. The number of benzene rings is 1. The average molecular weight is 331 g/mol. The van der Waals surface area contributed by atoms with Crippen LogP contribution in [-0.4, -0.2) is 55.7 Å². The van der Waals surface area contributed by atoms with E-state index < -0.39 is 5.41 Å². The Balaban J connectivity index is 1.93. The van der Waals surface area contributed by atoms with Crippen molar-refractivity contribution in [3.63, 3.8) is 0 Å². The molecule has 0 bridgehead atoms. The first-order valence-corrected chi connectivity index (χ1v) is 8.96. The molecule has 2 heterocycles. The van der Waals surface area contributed by atoms with E-state index >= 15 is 0 Å². The van der Waals surface area contributed by atoms with Crippen LogP contribution in [-0.2, 0) is 14.9 Å². The summed E-state index contributed by atoms with van der Waals surface area (Å²) in [6, 6.07) is 9.99. The van der Waals surface area contributed by atoms with Crippen LogP contribution >= 0.6 is 0 Å². The van der Waals surface area contributed by atoms with Crippen LogP contribution in [0, 0.1) is 0 Å². The standard InChI is InChI=1S/C19H29N3O2/c1-18(17(20)23,16-5-3-2-4-6-16)15-19(7-13-24-14-8-19)22-11-9-21-10-12-22/h2-6,21H,7-15H2,1H3,(H2,20,23). The quantitative estimate of drug-likeness (QED) is 0.853. The van der Waals surface area contributed by atoms with Gasteiger partial charge in [-0.3, -0.25) is 9.69 Å². The van der Waals surface area contributed by atoms with Gasteiger partial charge in [-0.15, -0.1) is 0 Å². The molecule has 3 N–H and O–H groups in total. The van der Waals surface area contributed by atoms with Crippen LogP contribution < -0.4 is 11.1 Å². The largest absolute Gasteiger partial charge is 0.381 e. The van der Waals surface area contributed by atoms with Crippen LogP contribution in [0.5, 0.6) is 0 Å². The molecule has 132 valence electrons. The predicted octanol–water partition coefficient (Wildman–Crippen LogP) is 1.27. The smallest absolute Gasteiger partial charge is 0.227 e. The lowest BCUT2D eigenvalue weighted by molar-refractivity contribution is -0.126. The van der Waals surface area contributed by atoms with E-state index in [9.17, 15) is 4.79 Å². The Bertz CT molecular complexity index is 551. The molecule has 1 amide bonds. The number of amides is 1. The summed E-state index contributed by atoms with van der Waals surface area (Å²) in [4.78, 5) is 15.0. The molecule has 2 saturated heterocycles. The number of piperazine rings is 1. The Hall–Kier alpha value is -1.43. The molecule has 2 aliphatic rings. The predicted molar refractivity (Wildman–Crippen MR) is 94.8 cm³/mol. The molecular formula is C19H29N3O2. The number of primary amides is 1. The lowest BCUT2D eigenvalue weighted by atomic mass is 9.68. The number of hydrogen-bond donors (Lipinski definition) is 2. The molecule has 1 atom stereocenters. The van der Waals surface area contributed by atoms with Gasteiger partial charge in [-0.1, -0.05) is 30.3 Å². The van der Waals surface area contributed by atoms with Crippen molar-refractivity contribution in [1.82, 2.24) is 10.2 Å². The molecule has 2 fully saturated rings. The van der Waals surface area contributed by atoms with E-state index in [-0.39, 0.29) is 11.4 Å². The molecule has 0 radical (unpaired) electrons. The molecule has 2 aliphatic heterocycles. The zero-order valence-electron chi connectivity index (χ0n) is 14.6. The molecular weight excluding hydrogens is 302 g/mol. The molecule has 1 aromatic rings. The Labute approximate surface area is 144 Å². The van der Waals surface area contributed by atoms with Crippen molar-refractivity contribution >= 4 is 5.91 Å². The number of ether oxygens (including phenoxy) is 1. The molecule has 0 saturated carbocycles. The van der Waals surface area contributed by atoms with Crippen molar-refractivity contribution in [3.8, 4) is 0 Å². The minimum absolute atomic E-state index is 0.0139. The van der Waals surface area contributed by atoms with E-state index in [0.29, 0.717) is 0 Å². The first-order valence-electron chi connectivity index (χ1n) is 8.96.